The molecule has 1 rings (SSSR count). The molecule has 1 aromatic rings. The topological polar surface area (TPSA) is 50.1 Å². The zero-order valence-electron chi connectivity index (χ0n) is 8.44. The van der Waals surface area contributed by atoms with E-state index < -0.39 is 0 Å². The van der Waals surface area contributed by atoms with Gasteiger partial charge in [0.1, 0.15) is 0 Å². The highest BCUT2D eigenvalue weighted by molar-refractivity contribution is 5.85. The molecule has 0 unspecified atom stereocenters. The maximum atomic E-state index is 8.54. The number of aliphatic hydroxyl groups excluding tert-OH is 1. The molecule has 1 heterocycles. The zero-order chi connectivity index (χ0) is 9.52. The Morgan fingerprint density at radius 1 is 1.50 bits per heavy atom. The van der Waals surface area contributed by atoms with Gasteiger partial charge >= 0.3 is 0 Å². The summed E-state index contributed by atoms with van der Waals surface area (Å²) in [6.07, 6.45) is 3.82. The van der Waals surface area contributed by atoms with Crippen molar-refractivity contribution in [2.24, 2.45) is 7.05 Å². The number of unbranched alkanes of at least 4 members (excludes halogenated alkanes) is 1. The molecule has 0 aliphatic heterocycles. The number of halogens is 1. The number of nitrogens with zero attached hydrogens (tertiary/aromatic N) is 2. The standard InChI is InChI=1S/C9H17N3O.ClH/c1-12-6-4-9(11-12)8-10-5-2-3-7-13;/h4,6,10,13H,2-3,5,7-8H2,1H3;1H. The summed E-state index contributed by atoms with van der Waals surface area (Å²) in [6.45, 7) is 2.04. The summed E-state index contributed by atoms with van der Waals surface area (Å²) < 4.78 is 1.80. The Kier molecular flexibility index (Phi) is 7.47. The van der Waals surface area contributed by atoms with Crippen LogP contribution in [0.25, 0.3) is 0 Å². The highest BCUT2D eigenvalue weighted by Gasteiger charge is 1.94. The van der Waals surface area contributed by atoms with Crippen LogP contribution in [-0.4, -0.2) is 28.0 Å². The predicted molar refractivity (Wildman–Crippen MR) is 58.5 cm³/mol. The number of nitrogens with one attached hydrogen (secondary N) is 1. The number of hydrogen-bond acceptors (Lipinski definition) is 3. The van der Waals surface area contributed by atoms with Gasteiger partial charge in [-0.3, -0.25) is 4.68 Å². The third kappa shape index (κ3) is 5.21. The van der Waals surface area contributed by atoms with E-state index in [0.29, 0.717) is 0 Å². The van der Waals surface area contributed by atoms with E-state index in [1.54, 1.807) is 4.68 Å². The molecule has 4 nitrogen and oxygen atoms in total. The van der Waals surface area contributed by atoms with Gasteiger partial charge in [0.25, 0.3) is 0 Å². The lowest BCUT2D eigenvalue weighted by Crippen LogP contribution is -2.15. The van der Waals surface area contributed by atoms with Crippen molar-refractivity contribution < 1.29 is 5.11 Å². The van der Waals surface area contributed by atoms with Gasteiger partial charge in [0.05, 0.1) is 5.69 Å². The second-order valence-electron chi connectivity index (χ2n) is 3.09. The van der Waals surface area contributed by atoms with Crippen molar-refractivity contribution in [3.05, 3.63) is 18.0 Å². The van der Waals surface area contributed by atoms with Gasteiger partial charge in [-0.2, -0.15) is 5.10 Å². The fraction of sp³-hybridized carbons (Fsp3) is 0.667. The maximum absolute atomic E-state index is 8.54. The summed E-state index contributed by atoms with van der Waals surface area (Å²) in [6, 6.07) is 2.00. The van der Waals surface area contributed by atoms with E-state index in [9.17, 15) is 0 Å². The molecule has 5 heteroatoms. The number of aryl methyl sites for hydroxylation is 1. The molecular weight excluding hydrogens is 202 g/mol. The van der Waals surface area contributed by atoms with E-state index in [-0.39, 0.29) is 19.0 Å². The average molecular weight is 220 g/mol. The highest BCUT2D eigenvalue weighted by atomic mass is 35.5. The quantitative estimate of drug-likeness (QED) is 0.693. The highest BCUT2D eigenvalue weighted by Crippen LogP contribution is 1.93. The van der Waals surface area contributed by atoms with Crippen LogP contribution in [0.1, 0.15) is 18.5 Å². The molecule has 0 saturated carbocycles. The predicted octanol–water partition coefficient (Wildman–Crippen LogP) is 0.704. The number of hydrogen-bond donors (Lipinski definition) is 2. The summed E-state index contributed by atoms with van der Waals surface area (Å²) in [4.78, 5) is 0. The Bertz CT molecular complexity index is 240. The van der Waals surface area contributed by atoms with Crippen molar-refractivity contribution in [2.45, 2.75) is 19.4 Å². The van der Waals surface area contributed by atoms with Gasteiger partial charge in [-0.05, 0) is 25.5 Å². The fourth-order valence-electron chi connectivity index (χ4n) is 1.14. The van der Waals surface area contributed by atoms with Gasteiger partial charge < -0.3 is 10.4 Å². The summed E-state index contributed by atoms with van der Waals surface area (Å²) in [5.74, 6) is 0. The molecule has 0 spiro atoms. The first-order valence-electron chi connectivity index (χ1n) is 4.63. The molecule has 0 amide bonds. The molecule has 0 fully saturated rings. The van der Waals surface area contributed by atoms with Crippen LogP contribution < -0.4 is 5.32 Å². The summed E-state index contributed by atoms with van der Waals surface area (Å²) >= 11 is 0. The lowest BCUT2D eigenvalue weighted by molar-refractivity contribution is 0.283. The van der Waals surface area contributed by atoms with Gasteiger partial charge in [-0.15, -0.1) is 12.4 Å². The summed E-state index contributed by atoms with van der Waals surface area (Å²) in [5.41, 5.74) is 1.06. The molecule has 0 saturated heterocycles. The lowest BCUT2D eigenvalue weighted by Gasteiger charge is -2.00. The van der Waals surface area contributed by atoms with E-state index in [4.69, 9.17) is 5.11 Å². The van der Waals surface area contributed by atoms with Gasteiger partial charge in [0.15, 0.2) is 0 Å². The van der Waals surface area contributed by atoms with Crippen molar-refractivity contribution in [3.8, 4) is 0 Å². The first kappa shape index (κ1) is 13.4. The van der Waals surface area contributed by atoms with Crippen LogP contribution in [0.3, 0.4) is 0 Å². The average Bonchev–Trinajstić information content (AvgIpc) is 2.51. The Balaban J connectivity index is 0.00000169. The van der Waals surface area contributed by atoms with Gasteiger partial charge in [0, 0.05) is 26.4 Å². The number of rotatable bonds is 6. The molecule has 0 radical (unpaired) electrons. The second kappa shape index (κ2) is 7.79. The minimum Gasteiger partial charge on any atom is -0.396 e. The molecule has 0 aliphatic rings. The Morgan fingerprint density at radius 2 is 2.29 bits per heavy atom. The van der Waals surface area contributed by atoms with E-state index in [2.05, 4.69) is 10.4 Å². The Morgan fingerprint density at radius 3 is 2.86 bits per heavy atom. The van der Waals surface area contributed by atoms with Gasteiger partial charge in [0.2, 0.25) is 0 Å². The summed E-state index contributed by atoms with van der Waals surface area (Å²) in [5, 5.41) is 16.0. The number of aliphatic hydroxyl groups is 1. The minimum atomic E-state index is 0. The molecule has 2 N–H and O–H groups in total. The minimum absolute atomic E-state index is 0. The molecule has 0 bridgehead atoms. The largest absolute Gasteiger partial charge is 0.396 e. The van der Waals surface area contributed by atoms with Crippen LogP contribution in [0.4, 0.5) is 0 Å². The third-order valence-corrected chi connectivity index (χ3v) is 1.84. The summed E-state index contributed by atoms with van der Waals surface area (Å²) in [7, 11) is 1.91. The molecule has 0 aliphatic carbocycles. The van der Waals surface area contributed by atoms with Crippen LogP contribution in [0.5, 0.6) is 0 Å². The Hall–Kier alpha value is -0.580. The van der Waals surface area contributed by atoms with Crippen molar-refractivity contribution in [1.82, 2.24) is 15.1 Å². The maximum Gasteiger partial charge on any atom is 0.0762 e. The molecule has 14 heavy (non-hydrogen) atoms. The second-order valence-corrected chi connectivity index (χ2v) is 3.09. The zero-order valence-corrected chi connectivity index (χ0v) is 9.26. The van der Waals surface area contributed by atoms with Crippen molar-refractivity contribution >= 4 is 12.4 Å². The molecule has 1 aromatic heterocycles. The van der Waals surface area contributed by atoms with Crippen molar-refractivity contribution in [3.63, 3.8) is 0 Å². The monoisotopic (exact) mass is 219 g/mol. The van der Waals surface area contributed by atoms with Gasteiger partial charge in [-0.25, -0.2) is 0 Å². The van der Waals surface area contributed by atoms with Crippen molar-refractivity contribution in [2.75, 3.05) is 13.2 Å². The first-order valence-corrected chi connectivity index (χ1v) is 4.63. The normalized spacial score (nSPS) is 9.86. The fourth-order valence-corrected chi connectivity index (χ4v) is 1.14. The van der Waals surface area contributed by atoms with Crippen LogP contribution in [0.15, 0.2) is 12.3 Å². The van der Waals surface area contributed by atoms with E-state index in [1.807, 2.05) is 19.3 Å². The number of aromatic nitrogens is 2. The smallest absolute Gasteiger partial charge is 0.0762 e. The van der Waals surface area contributed by atoms with Crippen LogP contribution in [0, 0.1) is 0 Å². The SMILES string of the molecule is Cl.Cn1ccc(CNCCCCO)n1. The van der Waals surface area contributed by atoms with Crippen LogP contribution in [-0.2, 0) is 13.6 Å². The third-order valence-electron chi connectivity index (χ3n) is 1.84. The van der Waals surface area contributed by atoms with E-state index in [1.165, 1.54) is 0 Å². The molecule has 0 atom stereocenters. The Labute approximate surface area is 90.7 Å². The van der Waals surface area contributed by atoms with E-state index >= 15 is 0 Å². The van der Waals surface area contributed by atoms with Crippen LogP contribution >= 0.6 is 12.4 Å². The van der Waals surface area contributed by atoms with E-state index in [0.717, 1.165) is 31.6 Å². The van der Waals surface area contributed by atoms with Gasteiger partial charge in [-0.1, -0.05) is 0 Å². The molecule has 82 valence electrons. The van der Waals surface area contributed by atoms with Crippen LogP contribution in [0.2, 0.25) is 0 Å². The van der Waals surface area contributed by atoms with Crippen molar-refractivity contribution in [1.29, 1.82) is 0 Å². The first-order chi connectivity index (χ1) is 6.33. The molecular formula is C9H18ClN3O. The lowest BCUT2D eigenvalue weighted by atomic mass is 10.3. The molecule has 0 aromatic carbocycles.